The van der Waals surface area contributed by atoms with Gasteiger partial charge in [-0.2, -0.15) is 0 Å². The second-order valence-electron chi connectivity index (χ2n) is 7.18. The van der Waals surface area contributed by atoms with Crippen LogP contribution in [0.3, 0.4) is 0 Å². The highest BCUT2D eigenvalue weighted by Crippen LogP contribution is 2.29. The second-order valence-corrected chi connectivity index (χ2v) is 9.53. The number of benzene rings is 2. The largest absolute Gasteiger partial charge is 0.296 e. The van der Waals surface area contributed by atoms with E-state index in [2.05, 4.69) is 36.5 Å². The Kier molecular flexibility index (Phi) is 6.22. The van der Waals surface area contributed by atoms with E-state index in [9.17, 15) is 4.79 Å². The molecule has 0 atom stereocenters. The van der Waals surface area contributed by atoms with Crippen LogP contribution in [-0.2, 0) is 6.42 Å². The number of hydrogen-bond acceptors (Lipinski definition) is 5. The number of carbonyl (C=O) groups excluding carboxylic acids is 1. The lowest BCUT2D eigenvalue weighted by Crippen LogP contribution is -2.14. The predicted octanol–water partition coefficient (Wildman–Crippen LogP) is 5.91. The number of rotatable bonds is 5. The molecule has 4 rings (SSSR count). The van der Waals surface area contributed by atoms with Gasteiger partial charge in [-0.15, -0.1) is 16.4 Å². The first-order valence-electron chi connectivity index (χ1n) is 9.52. The van der Waals surface area contributed by atoms with Crippen LogP contribution in [0.2, 0.25) is 5.02 Å². The fourth-order valence-corrected chi connectivity index (χ4v) is 4.62. The van der Waals surface area contributed by atoms with Gasteiger partial charge in [-0.3, -0.25) is 10.1 Å². The van der Waals surface area contributed by atoms with Gasteiger partial charge in [0.1, 0.15) is 0 Å². The lowest BCUT2D eigenvalue weighted by molar-refractivity contribution is 0.102. The molecule has 0 spiro atoms. The molecule has 0 aliphatic heterocycles. The van der Waals surface area contributed by atoms with Crippen molar-refractivity contribution in [3.8, 4) is 5.69 Å². The standard InChI is InChI=1S/C22H19BrClN5OS/c1-12-5-4-6-16(9-12)29-14(3)20(27-28-29)21(30)26-22-25-13(2)19(31-22)11-15-7-8-17(23)18(24)10-15/h4-10H,11H2,1-3H3,(H,25,26,30). The van der Waals surface area contributed by atoms with Crippen molar-refractivity contribution in [2.24, 2.45) is 0 Å². The number of aromatic nitrogens is 4. The Hall–Kier alpha value is -2.55. The van der Waals surface area contributed by atoms with Crippen LogP contribution in [0.4, 0.5) is 5.13 Å². The van der Waals surface area contributed by atoms with Crippen LogP contribution in [0, 0.1) is 20.8 Å². The van der Waals surface area contributed by atoms with Crippen molar-refractivity contribution in [3.05, 3.63) is 85.0 Å². The number of thiazole rings is 1. The summed E-state index contributed by atoms with van der Waals surface area (Å²) in [5.74, 6) is -0.330. The molecule has 0 saturated heterocycles. The SMILES string of the molecule is Cc1cccc(-n2nnc(C(=O)Nc3nc(C)c(Cc4ccc(Br)c(Cl)c4)s3)c2C)c1. The average Bonchev–Trinajstić information content (AvgIpc) is 3.27. The van der Waals surface area contributed by atoms with Gasteiger partial charge in [0.2, 0.25) is 0 Å². The van der Waals surface area contributed by atoms with E-state index in [1.54, 1.807) is 4.68 Å². The van der Waals surface area contributed by atoms with Crippen molar-refractivity contribution < 1.29 is 4.79 Å². The maximum absolute atomic E-state index is 12.8. The minimum Gasteiger partial charge on any atom is -0.296 e. The molecule has 9 heteroatoms. The van der Waals surface area contributed by atoms with Crippen molar-refractivity contribution >= 4 is 49.9 Å². The monoisotopic (exact) mass is 515 g/mol. The lowest BCUT2D eigenvalue weighted by atomic mass is 10.1. The second kappa shape index (κ2) is 8.90. The van der Waals surface area contributed by atoms with Gasteiger partial charge in [0.25, 0.3) is 5.91 Å². The summed E-state index contributed by atoms with van der Waals surface area (Å²) in [5, 5.41) is 12.3. The molecule has 6 nitrogen and oxygen atoms in total. The Morgan fingerprint density at radius 3 is 2.74 bits per heavy atom. The maximum Gasteiger partial charge on any atom is 0.279 e. The van der Waals surface area contributed by atoms with Crippen LogP contribution in [0.5, 0.6) is 0 Å². The predicted molar refractivity (Wildman–Crippen MR) is 128 cm³/mol. The summed E-state index contributed by atoms with van der Waals surface area (Å²) in [6.07, 6.45) is 0.689. The van der Waals surface area contributed by atoms with Crippen molar-refractivity contribution in [1.29, 1.82) is 0 Å². The van der Waals surface area contributed by atoms with Gasteiger partial charge in [-0.05, 0) is 72.1 Å². The number of hydrogen-bond donors (Lipinski definition) is 1. The lowest BCUT2D eigenvalue weighted by Gasteiger charge is -2.04. The molecule has 31 heavy (non-hydrogen) atoms. The fraction of sp³-hybridized carbons (Fsp3) is 0.182. The fourth-order valence-electron chi connectivity index (χ4n) is 3.18. The molecule has 0 radical (unpaired) electrons. The maximum atomic E-state index is 12.8. The zero-order valence-corrected chi connectivity index (χ0v) is 20.3. The number of amides is 1. The van der Waals surface area contributed by atoms with Gasteiger partial charge >= 0.3 is 0 Å². The Morgan fingerprint density at radius 1 is 1.19 bits per heavy atom. The van der Waals surface area contributed by atoms with Crippen molar-refractivity contribution in [1.82, 2.24) is 20.0 Å². The summed E-state index contributed by atoms with van der Waals surface area (Å²) in [4.78, 5) is 18.4. The van der Waals surface area contributed by atoms with Gasteiger partial charge < -0.3 is 0 Å². The summed E-state index contributed by atoms with van der Waals surface area (Å²) in [6.45, 7) is 5.77. The Labute approximate surface area is 197 Å². The van der Waals surface area contributed by atoms with Gasteiger partial charge in [0, 0.05) is 15.8 Å². The number of anilines is 1. The Bertz CT molecular complexity index is 1280. The van der Waals surface area contributed by atoms with Gasteiger partial charge in [-0.25, -0.2) is 9.67 Å². The number of carbonyl (C=O) groups is 1. The van der Waals surface area contributed by atoms with Crippen LogP contribution >= 0.6 is 38.9 Å². The van der Waals surface area contributed by atoms with Crippen LogP contribution in [-0.4, -0.2) is 25.9 Å². The van der Waals surface area contributed by atoms with E-state index in [0.29, 0.717) is 22.3 Å². The van der Waals surface area contributed by atoms with Gasteiger partial charge in [0.15, 0.2) is 10.8 Å². The summed E-state index contributed by atoms with van der Waals surface area (Å²) in [6, 6.07) is 13.8. The zero-order chi connectivity index (χ0) is 22.1. The normalized spacial score (nSPS) is 11.0. The van der Waals surface area contributed by atoms with Crippen LogP contribution in [0.15, 0.2) is 46.9 Å². The topological polar surface area (TPSA) is 72.7 Å². The summed E-state index contributed by atoms with van der Waals surface area (Å²) in [7, 11) is 0. The molecule has 4 aromatic rings. The minimum atomic E-state index is -0.330. The van der Waals surface area contributed by atoms with Gasteiger partial charge in [-0.1, -0.05) is 35.0 Å². The van der Waals surface area contributed by atoms with E-state index in [1.165, 1.54) is 11.3 Å². The molecule has 0 bridgehead atoms. The molecule has 2 aromatic carbocycles. The first-order valence-corrected chi connectivity index (χ1v) is 11.5. The summed E-state index contributed by atoms with van der Waals surface area (Å²) >= 11 is 11.1. The van der Waals surface area contributed by atoms with E-state index in [0.717, 1.165) is 31.9 Å². The quantitative estimate of drug-likeness (QED) is 0.358. The van der Waals surface area contributed by atoms with Crippen molar-refractivity contribution in [2.75, 3.05) is 5.32 Å². The Balaban J connectivity index is 1.52. The number of nitrogens with zero attached hydrogens (tertiary/aromatic N) is 4. The van der Waals surface area contributed by atoms with Crippen molar-refractivity contribution in [3.63, 3.8) is 0 Å². The zero-order valence-electron chi connectivity index (χ0n) is 17.1. The number of halogens is 2. The average molecular weight is 517 g/mol. The molecule has 0 saturated carbocycles. The molecule has 0 unspecified atom stereocenters. The molecule has 1 N–H and O–H groups in total. The molecule has 0 aliphatic rings. The summed E-state index contributed by atoms with van der Waals surface area (Å²) < 4.78 is 2.53. The smallest absolute Gasteiger partial charge is 0.279 e. The van der Waals surface area contributed by atoms with E-state index in [4.69, 9.17) is 11.6 Å². The third-order valence-electron chi connectivity index (χ3n) is 4.82. The van der Waals surface area contributed by atoms with E-state index < -0.39 is 0 Å². The highest BCUT2D eigenvalue weighted by Gasteiger charge is 2.19. The van der Waals surface area contributed by atoms with E-state index in [1.807, 2.05) is 63.2 Å². The molecule has 1 amide bonds. The highest BCUT2D eigenvalue weighted by molar-refractivity contribution is 9.10. The molecule has 0 aliphatic carbocycles. The van der Waals surface area contributed by atoms with E-state index in [-0.39, 0.29) is 11.6 Å². The van der Waals surface area contributed by atoms with Crippen LogP contribution < -0.4 is 5.32 Å². The van der Waals surface area contributed by atoms with Crippen LogP contribution in [0.1, 0.15) is 37.9 Å². The molecule has 0 fully saturated rings. The summed E-state index contributed by atoms with van der Waals surface area (Å²) in [5.41, 5.74) is 4.87. The highest BCUT2D eigenvalue weighted by atomic mass is 79.9. The van der Waals surface area contributed by atoms with E-state index >= 15 is 0 Å². The molecular weight excluding hydrogens is 498 g/mol. The number of nitrogens with one attached hydrogen (secondary N) is 1. The molecule has 2 heterocycles. The molecule has 2 aromatic heterocycles. The van der Waals surface area contributed by atoms with Crippen molar-refractivity contribution in [2.45, 2.75) is 27.2 Å². The van der Waals surface area contributed by atoms with Gasteiger partial charge in [0.05, 0.1) is 22.1 Å². The first kappa shape index (κ1) is 21.7. The Morgan fingerprint density at radius 2 is 2.00 bits per heavy atom. The first-order chi connectivity index (χ1) is 14.8. The third-order valence-corrected chi connectivity index (χ3v) is 7.12. The van der Waals surface area contributed by atoms with Crippen LogP contribution in [0.25, 0.3) is 5.69 Å². The molecular formula is C22H19BrClN5OS. The molecule has 158 valence electrons. The third kappa shape index (κ3) is 4.71. The minimum absolute atomic E-state index is 0.274. The number of aryl methyl sites for hydroxylation is 2.